The lowest BCUT2D eigenvalue weighted by atomic mass is 10.1. The van der Waals surface area contributed by atoms with E-state index in [1.165, 1.54) is 26.1 Å². The number of nitro benzene ring substituents is 1. The van der Waals surface area contributed by atoms with Crippen molar-refractivity contribution < 1.29 is 19.2 Å². The fourth-order valence-electron chi connectivity index (χ4n) is 2.48. The van der Waals surface area contributed by atoms with Gasteiger partial charge in [0.25, 0.3) is 11.6 Å². The first-order valence-electron chi connectivity index (χ1n) is 8.14. The molecule has 0 bridgehead atoms. The largest absolute Gasteiger partial charge is 0.449 e. The van der Waals surface area contributed by atoms with Crippen LogP contribution in [0.15, 0.2) is 18.2 Å². The monoisotopic (exact) mass is 375 g/mol. The first kappa shape index (κ1) is 19.9. The normalized spacial score (nSPS) is 11.6. The summed E-state index contributed by atoms with van der Waals surface area (Å²) in [6, 6.07) is 3.90. The third-order valence-electron chi connectivity index (χ3n) is 4.11. The van der Waals surface area contributed by atoms with E-state index in [-0.39, 0.29) is 16.9 Å². The predicted molar refractivity (Wildman–Crippen MR) is 98.8 cm³/mol. The molecule has 1 atom stereocenters. The zero-order valence-corrected chi connectivity index (χ0v) is 15.7. The van der Waals surface area contributed by atoms with Gasteiger partial charge in [-0.15, -0.1) is 0 Å². The van der Waals surface area contributed by atoms with Gasteiger partial charge in [-0.25, -0.2) is 4.79 Å². The number of benzene rings is 1. The highest BCUT2D eigenvalue weighted by Crippen LogP contribution is 2.25. The van der Waals surface area contributed by atoms with Gasteiger partial charge in [-0.1, -0.05) is 0 Å². The Morgan fingerprint density at radius 3 is 2.52 bits per heavy atom. The number of nitrogens with zero attached hydrogens (tertiary/aromatic N) is 3. The SMILES string of the molecule is CNc1ccc(C(=O)O[C@H](C)C(=O)Nc2c(C)nn(C)c2C)cc1[N+](=O)[O-]. The van der Waals surface area contributed by atoms with Crippen LogP contribution in [0.5, 0.6) is 0 Å². The van der Waals surface area contributed by atoms with E-state index >= 15 is 0 Å². The van der Waals surface area contributed by atoms with Gasteiger partial charge in [-0.3, -0.25) is 19.6 Å². The van der Waals surface area contributed by atoms with Gasteiger partial charge in [0, 0.05) is 20.2 Å². The highest BCUT2D eigenvalue weighted by atomic mass is 16.6. The number of carbonyl (C=O) groups is 2. The number of aromatic nitrogens is 2. The summed E-state index contributed by atoms with van der Waals surface area (Å²) in [6.45, 7) is 4.97. The maximum Gasteiger partial charge on any atom is 0.339 e. The van der Waals surface area contributed by atoms with E-state index in [0.29, 0.717) is 11.4 Å². The molecule has 1 amide bonds. The molecule has 10 heteroatoms. The van der Waals surface area contributed by atoms with Crippen LogP contribution in [-0.4, -0.2) is 39.7 Å². The fourth-order valence-corrected chi connectivity index (χ4v) is 2.48. The van der Waals surface area contributed by atoms with E-state index < -0.39 is 22.9 Å². The Labute approximate surface area is 155 Å². The number of nitro groups is 1. The first-order chi connectivity index (χ1) is 12.6. The molecule has 1 heterocycles. The van der Waals surface area contributed by atoms with E-state index in [1.54, 1.807) is 25.6 Å². The van der Waals surface area contributed by atoms with E-state index in [2.05, 4.69) is 15.7 Å². The fraction of sp³-hybridized carbons (Fsp3) is 0.353. The minimum atomic E-state index is -1.10. The van der Waals surface area contributed by atoms with E-state index in [0.717, 1.165) is 11.8 Å². The number of amides is 1. The number of rotatable bonds is 6. The quantitative estimate of drug-likeness (QED) is 0.450. The second-order valence-corrected chi connectivity index (χ2v) is 5.95. The standard InChI is InChI=1S/C17H21N5O5/c1-9-15(10(2)21(5)20-9)19-16(23)11(3)27-17(24)12-6-7-13(18-4)14(8-12)22(25)26/h6-8,11,18H,1-5H3,(H,19,23)/t11-/m1/s1. The summed E-state index contributed by atoms with van der Waals surface area (Å²) in [5.74, 6) is -1.35. The topological polar surface area (TPSA) is 128 Å². The van der Waals surface area contributed by atoms with Crippen molar-refractivity contribution in [3.63, 3.8) is 0 Å². The molecule has 0 aliphatic rings. The number of nitrogens with one attached hydrogen (secondary N) is 2. The van der Waals surface area contributed by atoms with Crippen LogP contribution in [0.4, 0.5) is 17.1 Å². The summed E-state index contributed by atoms with van der Waals surface area (Å²) < 4.78 is 6.77. The van der Waals surface area contributed by atoms with E-state index in [9.17, 15) is 19.7 Å². The van der Waals surface area contributed by atoms with Gasteiger partial charge in [0.05, 0.1) is 27.6 Å². The van der Waals surface area contributed by atoms with Crippen LogP contribution in [0.3, 0.4) is 0 Å². The van der Waals surface area contributed by atoms with Crippen molar-refractivity contribution in [1.82, 2.24) is 9.78 Å². The van der Waals surface area contributed by atoms with Crippen LogP contribution in [0.1, 0.15) is 28.7 Å². The van der Waals surface area contributed by atoms with Gasteiger partial charge >= 0.3 is 5.97 Å². The lowest BCUT2D eigenvalue weighted by Gasteiger charge is -2.14. The van der Waals surface area contributed by atoms with Crippen molar-refractivity contribution in [2.24, 2.45) is 7.05 Å². The molecule has 144 valence electrons. The molecular formula is C17H21N5O5. The number of hydrogen-bond donors (Lipinski definition) is 2. The van der Waals surface area contributed by atoms with Crippen LogP contribution in [-0.2, 0) is 16.6 Å². The van der Waals surface area contributed by atoms with Crippen LogP contribution < -0.4 is 10.6 Å². The number of esters is 1. The van der Waals surface area contributed by atoms with Crippen LogP contribution in [0.2, 0.25) is 0 Å². The van der Waals surface area contributed by atoms with Crippen LogP contribution in [0.25, 0.3) is 0 Å². The molecule has 0 radical (unpaired) electrons. The van der Waals surface area contributed by atoms with Crippen molar-refractivity contribution in [2.45, 2.75) is 26.9 Å². The van der Waals surface area contributed by atoms with Crippen molar-refractivity contribution in [3.05, 3.63) is 45.3 Å². The lowest BCUT2D eigenvalue weighted by Crippen LogP contribution is -2.30. The number of ether oxygens (including phenoxy) is 1. The maximum atomic E-state index is 12.3. The third kappa shape index (κ3) is 4.22. The molecule has 2 aromatic rings. The zero-order chi connectivity index (χ0) is 20.3. The molecule has 0 aliphatic heterocycles. The summed E-state index contributed by atoms with van der Waals surface area (Å²) >= 11 is 0. The summed E-state index contributed by atoms with van der Waals surface area (Å²) in [4.78, 5) is 35.1. The summed E-state index contributed by atoms with van der Waals surface area (Å²) in [7, 11) is 3.29. The zero-order valence-electron chi connectivity index (χ0n) is 15.7. The minimum absolute atomic E-state index is 0.0194. The average Bonchev–Trinajstić information content (AvgIpc) is 2.86. The van der Waals surface area contributed by atoms with E-state index in [1.807, 2.05) is 0 Å². The predicted octanol–water partition coefficient (Wildman–Crippen LogP) is 2.17. The molecular weight excluding hydrogens is 354 g/mol. The summed E-state index contributed by atoms with van der Waals surface area (Å²) in [5, 5.41) is 20.7. The molecule has 0 aliphatic carbocycles. The Balaban J connectivity index is 2.12. The molecule has 27 heavy (non-hydrogen) atoms. The van der Waals surface area contributed by atoms with Gasteiger partial charge in [0.2, 0.25) is 0 Å². The molecule has 0 saturated heterocycles. The number of anilines is 2. The second kappa shape index (κ2) is 7.85. The Hall–Kier alpha value is -3.43. The Morgan fingerprint density at radius 2 is 2.00 bits per heavy atom. The van der Waals surface area contributed by atoms with Gasteiger partial charge in [0.1, 0.15) is 5.69 Å². The molecule has 10 nitrogen and oxygen atoms in total. The number of hydrogen-bond acceptors (Lipinski definition) is 7. The molecule has 0 spiro atoms. The van der Waals surface area contributed by atoms with Crippen molar-refractivity contribution in [2.75, 3.05) is 17.7 Å². The summed E-state index contributed by atoms with van der Waals surface area (Å²) in [5.41, 5.74) is 1.95. The number of carbonyl (C=O) groups excluding carboxylic acids is 2. The smallest absolute Gasteiger partial charge is 0.339 e. The number of aryl methyl sites for hydroxylation is 2. The summed E-state index contributed by atoms with van der Waals surface area (Å²) in [6.07, 6.45) is -1.10. The Kier molecular flexibility index (Phi) is 5.78. The lowest BCUT2D eigenvalue weighted by molar-refractivity contribution is -0.384. The van der Waals surface area contributed by atoms with Crippen LogP contribution >= 0.6 is 0 Å². The van der Waals surface area contributed by atoms with Gasteiger partial charge in [0.15, 0.2) is 6.10 Å². The van der Waals surface area contributed by atoms with Crippen molar-refractivity contribution >= 4 is 28.9 Å². The average molecular weight is 375 g/mol. The molecule has 2 rings (SSSR count). The molecule has 0 saturated carbocycles. The van der Waals surface area contributed by atoms with E-state index in [4.69, 9.17) is 4.74 Å². The maximum absolute atomic E-state index is 12.3. The molecule has 2 N–H and O–H groups in total. The third-order valence-corrected chi connectivity index (χ3v) is 4.11. The van der Waals surface area contributed by atoms with Gasteiger partial charge < -0.3 is 15.4 Å². The molecule has 0 fully saturated rings. The Morgan fingerprint density at radius 1 is 1.33 bits per heavy atom. The minimum Gasteiger partial charge on any atom is -0.449 e. The Bertz CT molecular complexity index is 905. The highest BCUT2D eigenvalue weighted by Gasteiger charge is 2.23. The van der Waals surface area contributed by atoms with Crippen LogP contribution in [0, 0.1) is 24.0 Å². The molecule has 1 aromatic heterocycles. The van der Waals surface area contributed by atoms with Crippen molar-refractivity contribution in [1.29, 1.82) is 0 Å². The molecule has 1 aromatic carbocycles. The van der Waals surface area contributed by atoms with Gasteiger partial charge in [-0.05, 0) is 32.9 Å². The second-order valence-electron chi connectivity index (χ2n) is 5.95. The first-order valence-corrected chi connectivity index (χ1v) is 8.14. The molecule has 0 unspecified atom stereocenters. The van der Waals surface area contributed by atoms with Crippen molar-refractivity contribution in [3.8, 4) is 0 Å². The highest BCUT2D eigenvalue weighted by molar-refractivity contribution is 5.98. The van der Waals surface area contributed by atoms with Gasteiger partial charge in [-0.2, -0.15) is 5.10 Å².